The number of rotatable bonds is 5. The minimum Gasteiger partial charge on any atom is -0.474 e. The quantitative estimate of drug-likeness (QED) is 0.652. The summed E-state index contributed by atoms with van der Waals surface area (Å²) in [6.07, 6.45) is 8.47. The summed E-state index contributed by atoms with van der Waals surface area (Å²) in [4.78, 5) is 32.5. The second-order valence-electron chi connectivity index (χ2n) is 8.16. The van der Waals surface area contributed by atoms with Gasteiger partial charge in [0.05, 0.1) is 6.20 Å². The van der Waals surface area contributed by atoms with Gasteiger partial charge in [-0.05, 0) is 49.3 Å². The first-order valence-electron chi connectivity index (χ1n) is 9.77. The molecular weight excluding hydrogens is 406 g/mol. The van der Waals surface area contributed by atoms with E-state index in [4.69, 9.17) is 22.1 Å². The third-order valence-electron chi connectivity index (χ3n) is 6.04. The zero-order valence-electron chi connectivity index (χ0n) is 16.0. The second kappa shape index (κ2) is 6.98. The highest BCUT2D eigenvalue weighted by molar-refractivity contribution is 6.30. The Bertz CT molecular complexity index is 1150. The monoisotopic (exact) mass is 425 g/mol. The number of fused-ring (bicyclic) bond motifs is 1. The summed E-state index contributed by atoms with van der Waals surface area (Å²) in [5, 5.41) is 3.67. The molecule has 9 heteroatoms. The Balaban J connectivity index is 1.15. The number of hydrogen-bond donors (Lipinski definition) is 2. The summed E-state index contributed by atoms with van der Waals surface area (Å²) in [5.41, 5.74) is 7.00. The minimum absolute atomic E-state index is 0.0122. The Hall–Kier alpha value is -3.13. The molecule has 2 fully saturated rings. The molecule has 0 aliphatic heterocycles. The maximum absolute atomic E-state index is 12.7. The molecule has 3 aromatic rings. The van der Waals surface area contributed by atoms with Gasteiger partial charge in [-0.15, -0.1) is 0 Å². The molecule has 0 unspecified atom stereocenters. The van der Waals surface area contributed by atoms with Crippen molar-refractivity contribution in [3.8, 4) is 5.88 Å². The highest BCUT2D eigenvalue weighted by atomic mass is 35.5. The van der Waals surface area contributed by atoms with Crippen LogP contribution in [-0.2, 0) is 0 Å². The maximum atomic E-state index is 12.7. The van der Waals surface area contributed by atoms with Crippen LogP contribution in [0.15, 0.2) is 42.9 Å². The highest BCUT2D eigenvalue weighted by Crippen LogP contribution is 2.56. The van der Waals surface area contributed by atoms with Gasteiger partial charge in [0.15, 0.2) is 0 Å². The molecule has 3 aromatic heterocycles. The van der Waals surface area contributed by atoms with E-state index in [2.05, 4.69) is 15.3 Å². The van der Waals surface area contributed by atoms with Crippen LogP contribution >= 0.6 is 11.6 Å². The Kier molecular flexibility index (Phi) is 4.39. The number of nitrogens with one attached hydrogen (secondary N) is 1. The minimum atomic E-state index is -0.548. The standard InChI is InChI=1S/C21H20ClN5O3/c22-12-3-5-27-16(11-25-17(27)6-12)19(29)26-13-7-21(8-13)9-14(10-21)30-20-15(18(23)28)2-1-4-24-20/h1-6,11,13-14H,7-10H2,(H2,23,28)(H,26,29). The molecule has 0 bridgehead atoms. The van der Waals surface area contributed by atoms with Crippen molar-refractivity contribution in [2.45, 2.75) is 37.8 Å². The lowest BCUT2D eigenvalue weighted by Gasteiger charge is -2.57. The number of halogens is 1. The summed E-state index contributed by atoms with van der Waals surface area (Å²) < 4.78 is 7.61. The lowest BCUT2D eigenvalue weighted by molar-refractivity contribution is -0.0848. The predicted molar refractivity (Wildman–Crippen MR) is 110 cm³/mol. The van der Waals surface area contributed by atoms with E-state index in [0.29, 0.717) is 27.8 Å². The molecule has 8 nitrogen and oxygen atoms in total. The van der Waals surface area contributed by atoms with E-state index in [1.54, 1.807) is 47.3 Å². The lowest BCUT2D eigenvalue weighted by Crippen LogP contribution is -2.58. The van der Waals surface area contributed by atoms with Crippen molar-refractivity contribution in [3.05, 3.63) is 59.1 Å². The SMILES string of the molecule is NC(=O)c1cccnc1OC1CC2(CC(NC(=O)c3cnc4cc(Cl)ccn34)C2)C1. The molecule has 154 valence electrons. The number of ether oxygens (including phenoxy) is 1. The second-order valence-corrected chi connectivity index (χ2v) is 8.60. The largest absolute Gasteiger partial charge is 0.474 e. The summed E-state index contributed by atoms with van der Waals surface area (Å²) in [7, 11) is 0. The number of nitrogens with zero attached hydrogens (tertiary/aromatic N) is 3. The normalized spacial score (nSPS) is 24.8. The number of hydrogen-bond acceptors (Lipinski definition) is 5. The fourth-order valence-corrected chi connectivity index (χ4v) is 4.78. The first-order valence-corrected chi connectivity index (χ1v) is 10.2. The Morgan fingerprint density at radius 1 is 1.23 bits per heavy atom. The molecular formula is C21H20ClN5O3. The van der Waals surface area contributed by atoms with Gasteiger partial charge in [0.2, 0.25) is 5.88 Å². The van der Waals surface area contributed by atoms with Crippen LogP contribution in [0.5, 0.6) is 5.88 Å². The molecule has 0 saturated heterocycles. The van der Waals surface area contributed by atoms with Crippen LogP contribution in [-0.4, -0.2) is 38.3 Å². The van der Waals surface area contributed by atoms with Gasteiger partial charge in [-0.3, -0.25) is 14.0 Å². The van der Waals surface area contributed by atoms with Crippen molar-refractivity contribution in [1.82, 2.24) is 19.7 Å². The van der Waals surface area contributed by atoms with Crippen molar-refractivity contribution in [2.24, 2.45) is 11.1 Å². The Labute approximate surface area is 177 Å². The molecule has 2 amide bonds. The van der Waals surface area contributed by atoms with Gasteiger partial charge in [0, 0.05) is 29.5 Å². The van der Waals surface area contributed by atoms with Crippen LogP contribution in [0, 0.1) is 5.41 Å². The number of carbonyl (C=O) groups is 2. The van der Waals surface area contributed by atoms with Crippen molar-refractivity contribution in [3.63, 3.8) is 0 Å². The van der Waals surface area contributed by atoms with Gasteiger partial charge in [0.25, 0.3) is 11.8 Å². The van der Waals surface area contributed by atoms with Crippen LogP contribution < -0.4 is 15.8 Å². The smallest absolute Gasteiger partial charge is 0.270 e. The van der Waals surface area contributed by atoms with Crippen LogP contribution in [0.1, 0.15) is 46.5 Å². The van der Waals surface area contributed by atoms with Crippen molar-refractivity contribution >= 4 is 29.1 Å². The molecule has 2 aliphatic rings. The van der Waals surface area contributed by atoms with Crippen LogP contribution in [0.4, 0.5) is 0 Å². The maximum Gasteiger partial charge on any atom is 0.270 e. The molecule has 5 rings (SSSR count). The molecule has 30 heavy (non-hydrogen) atoms. The Morgan fingerprint density at radius 2 is 2.03 bits per heavy atom. The average molecular weight is 426 g/mol. The molecule has 0 radical (unpaired) electrons. The molecule has 0 atom stereocenters. The van der Waals surface area contributed by atoms with Gasteiger partial charge in [-0.25, -0.2) is 9.97 Å². The number of pyridine rings is 2. The summed E-state index contributed by atoms with van der Waals surface area (Å²) >= 11 is 5.97. The van der Waals surface area contributed by atoms with E-state index in [9.17, 15) is 9.59 Å². The van der Waals surface area contributed by atoms with Crippen molar-refractivity contribution < 1.29 is 14.3 Å². The fraction of sp³-hybridized carbons (Fsp3) is 0.333. The first kappa shape index (κ1) is 18.9. The van der Waals surface area contributed by atoms with E-state index in [0.717, 1.165) is 25.7 Å². The van der Waals surface area contributed by atoms with Gasteiger partial charge in [-0.1, -0.05) is 11.6 Å². The van der Waals surface area contributed by atoms with Crippen LogP contribution in [0.3, 0.4) is 0 Å². The molecule has 3 N–H and O–H groups in total. The summed E-state index contributed by atoms with van der Waals surface area (Å²) in [5.74, 6) is -0.397. The number of amides is 2. The zero-order chi connectivity index (χ0) is 20.9. The van der Waals surface area contributed by atoms with E-state index in [1.807, 2.05) is 0 Å². The lowest BCUT2D eigenvalue weighted by atomic mass is 9.53. The van der Waals surface area contributed by atoms with Gasteiger partial charge in [0.1, 0.15) is 23.0 Å². The van der Waals surface area contributed by atoms with Crippen LogP contribution in [0.2, 0.25) is 5.02 Å². The zero-order valence-corrected chi connectivity index (χ0v) is 16.8. The van der Waals surface area contributed by atoms with Gasteiger partial charge in [-0.2, -0.15) is 0 Å². The van der Waals surface area contributed by atoms with Crippen molar-refractivity contribution in [1.29, 1.82) is 0 Å². The molecule has 2 aliphatic carbocycles. The first-order chi connectivity index (χ1) is 14.4. The van der Waals surface area contributed by atoms with Gasteiger partial charge >= 0.3 is 0 Å². The Morgan fingerprint density at radius 3 is 2.80 bits per heavy atom. The van der Waals surface area contributed by atoms with Crippen LogP contribution in [0.25, 0.3) is 5.65 Å². The van der Waals surface area contributed by atoms with Gasteiger partial charge < -0.3 is 15.8 Å². The van der Waals surface area contributed by atoms with E-state index in [1.165, 1.54) is 0 Å². The third-order valence-corrected chi connectivity index (χ3v) is 6.27. The summed E-state index contributed by atoms with van der Waals surface area (Å²) in [6, 6.07) is 6.85. The average Bonchev–Trinajstić information content (AvgIpc) is 3.07. The number of primary amides is 1. The topological polar surface area (TPSA) is 112 Å². The molecule has 2 saturated carbocycles. The predicted octanol–water partition coefficient (Wildman–Crippen LogP) is 2.60. The van der Waals surface area contributed by atoms with E-state index in [-0.39, 0.29) is 23.5 Å². The number of imidazole rings is 1. The molecule has 0 aromatic carbocycles. The fourth-order valence-electron chi connectivity index (χ4n) is 4.62. The van der Waals surface area contributed by atoms with Crippen molar-refractivity contribution in [2.75, 3.05) is 0 Å². The van der Waals surface area contributed by atoms with E-state index >= 15 is 0 Å². The molecule has 3 heterocycles. The number of nitrogens with two attached hydrogens (primary N) is 1. The summed E-state index contributed by atoms with van der Waals surface area (Å²) in [6.45, 7) is 0. The molecule has 1 spiro atoms. The van der Waals surface area contributed by atoms with E-state index < -0.39 is 5.91 Å². The number of carbonyl (C=O) groups excluding carboxylic acids is 2. The highest BCUT2D eigenvalue weighted by Gasteiger charge is 2.54. The number of aromatic nitrogens is 3. The third kappa shape index (κ3) is 3.27.